The van der Waals surface area contributed by atoms with Crippen LogP contribution in [0.1, 0.15) is 49.1 Å². The Morgan fingerprint density at radius 2 is 1.71 bits per heavy atom. The summed E-state index contributed by atoms with van der Waals surface area (Å²) in [6, 6.07) is 22.0. The average molecular weight is 509 g/mol. The number of likely N-dealkylation sites (tertiary alicyclic amines) is 1. The SMILES string of the molecule is COc1ccc2[nH]cc(CCN3C(=O)C(=O)C(=C(O)c4ccccc4)[C@H]3c3ccc(C(C)(C)C)cc3)c2c1. The molecule has 0 radical (unpaired) electrons. The van der Waals surface area contributed by atoms with Crippen LogP contribution in [0.25, 0.3) is 16.7 Å². The fourth-order valence-electron chi connectivity index (χ4n) is 5.11. The predicted octanol–water partition coefficient (Wildman–Crippen LogP) is 6.14. The van der Waals surface area contributed by atoms with E-state index in [1.54, 1.807) is 36.3 Å². The summed E-state index contributed by atoms with van der Waals surface area (Å²) in [4.78, 5) is 31.6. The quantitative estimate of drug-likeness (QED) is 0.186. The van der Waals surface area contributed by atoms with Crippen LogP contribution in [0.4, 0.5) is 0 Å². The van der Waals surface area contributed by atoms with Crippen molar-refractivity contribution in [3.05, 3.63) is 107 Å². The number of amides is 1. The number of benzene rings is 3. The fraction of sp³-hybridized carbons (Fsp3) is 0.250. The number of H-pyrrole nitrogens is 1. The lowest BCUT2D eigenvalue weighted by Gasteiger charge is -2.26. The summed E-state index contributed by atoms with van der Waals surface area (Å²) >= 11 is 0. The number of rotatable bonds is 6. The number of Topliss-reactive ketones (excluding diaryl/α,β-unsaturated/α-hetero) is 1. The smallest absolute Gasteiger partial charge is 0.295 e. The predicted molar refractivity (Wildman–Crippen MR) is 149 cm³/mol. The van der Waals surface area contributed by atoms with E-state index < -0.39 is 17.7 Å². The fourth-order valence-corrected chi connectivity index (χ4v) is 5.11. The highest BCUT2D eigenvalue weighted by Crippen LogP contribution is 2.40. The van der Waals surface area contributed by atoms with E-state index in [4.69, 9.17) is 4.74 Å². The maximum Gasteiger partial charge on any atom is 0.295 e. The van der Waals surface area contributed by atoms with Crippen molar-refractivity contribution in [1.29, 1.82) is 0 Å². The third kappa shape index (κ3) is 4.58. The average Bonchev–Trinajstić information content (AvgIpc) is 3.44. The van der Waals surface area contributed by atoms with Crippen molar-refractivity contribution in [2.45, 2.75) is 38.6 Å². The van der Waals surface area contributed by atoms with Crippen LogP contribution in [0.2, 0.25) is 0 Å². The number of aromatic nitrogens is 1. The number of ketones is 1. The second-order valence-corrected chi connectivity index (χ2v) is 10.7. The molecule has 0 saturated carbocycles. The Hall–Kier alpha value is -4.32. The van der Waals surface area contributed by atoms with Gasteiger partial charge in [-0.3, -0.25) is 9.59 Å². The highest BCUT2D eigenvalue weighted by molar-refractivity contribution is 6.46. The first-order valence-electron chi connectivity index (χ1n) is 12.8. The summed E-state index contributed by atoms with van der Waals surface area (Å²) in [5.74, 6) is -0.685. The Bertz CT molecular complexity index is 1530. The molecule has 38 heavy (non-hydrogen) atoms. The van der Waals surface area contributed by atoms with E-state index in [1.807, 2.05) is 54.7 Å². The first-order chi connectivity index (χ1) is 18.2. The van der Waals surface area contributed by atoms with E-state index in [-0.39, 0.29) is 16.7 Å². The minimum Gasteiger partial charge on any atom is -0.507 e. The minimum atomic E-state index is -0.691. The van der Waals surface area contributed by atoms with Gasteiger partial charge in [0.05, 0.1) is 18.7 Å². The van der Waals surface area contributed by atoms with Crippen LogP contribution >= 0.6 is 0 Å². The van der Waals surface area contributed by atoms with Gasteiger partial charge in [0, 0.05) is 29.2 Å². The third-order valence-corrected chi connectivity index (χ3v) is 7.28. The Labute approximate surface area is 222 Å². The molecule has 0 unspecified atom stereocenters. The molecule has 0 spiro atoms. The molecule has 1 saturated heterocycles. The molecule has 1 aliphatic heterocycles. The Morgan fingerprint density at radius 1 is 1.00 bits per heavy atom. The van der Waals surface area contributed by atoms with Gasteiger partial charge in [-0.1, -0.05) is 75.4 Å². The molecule has 0 aliphatic carbocycles. The molecule has 194 valence electrons. The number of ether oxygens (including phenoxy) is 1. The molecule has 6 heteroatoms. The van der Waals surface area contributed by atoms with Crippen LogP contribution in [0.5, 0.6) is 5.75 Å². The molecule has 1 aliphatic rings. The van der Waals surface area contributed by atoms with Gasteiger partial charge in [-0.15, -0.1) is 0 Å². The highest BCUT2D eigenvalue weighted by atomic mass is 16.5. The monoisotopic (exact) mass is 508 g/mol. The van der Waals surface area contributed by atoms with Gasteiger partial charge in [0.1, 0.15) is 11.5 Å². The number of aromatic amines is 1. The van der Waals surface area contributed by atoms with Gasteiger partial charge in [-0.05, 0) is 46.7 Å². The molecule has 1 atom stereocenters. The standard InChI is InChI=1S/C32H32N2O4/c1-32(2,3)23-12-10-20(11-13-23)28-27(29(35)21-8-6-5-7-9-21)30(36)31(37)34(28)17-16-22-19-33-26-15-14-24(38-4)18-25(22)26/h5-15,18-19,28,33,35H,16-17H2,1-4H3/t28-/m1/s1. The lowest BCUT2D eigenvalue weighted by Crippen LogP contribution is -2.31. The molecule has 1 amide bonds. The zero-order valence-electron chi connectivity index (χ0n) is 22.1. The number of aliphatic hydroxyl groups is 1. The number of nitrogens with one attached hydrogen (secondary N) is 1. The van der Waals surface area contributed by atoms with Crippen LogP contribution in [-0.2, 0) is 21.4 Å². The lowest BCUT2D eigenvalue weighted by atomic mass is 9.85. The van der Waals surface area contributed by atoms with Gasteiger partial charge in [0.2, 0.25) is 0 Å². The number of methoxy groups -OCH3 is 1. The normalized spacial score (nSPS) is 17.4. The van der Waals surface area contributed by atoms with Crippen LogP contribution in [-0.4, -0.2) is 40.3 Å². The molecule has 1 fully saturated rings. The van der Waals surface area contributed by atoms with Gasteiger partial charge in [-0.2, -0.15) is 0 Å². The maximum absolute atomic E-state index is 13.4. The Morgan fingerprint density at radius 3 is 2.37 bits per heavy atom. The van der Waals surface area contributed by atoms with Crippen molar-refractivity contribution in [1.82, 2.24) is 9.88 Å². The molecule has 6 nitrogen and oxygen atoms in total. The first kappa shape index (κ1) is 25.3. The summed E-state index contributed by atoms with van der Waals surface area (Å²) in [6.45, 7) is 6.73. The molecule has 5 rings (SSSR count). The van der Waals surface area contributed by atoms with Crippen molar-refractivity contribution in [3.8, 4) is 5.75 Å². The zero-order valence-corrected chi connectivity index (χ0v) is 22.1. The number of aliphatic hydroxyl groups excluding tert-OH is 1. The molecule has 4 aromatic rings. The van der Waals surface area contributed by atoms with Gasteiger partial charge in [0.25, 0.3) is 11.7 Å². The summed E-state index contributed by atoms with van der Waals surface area (Å²) in [6.07, 6.45) is 2.46. The van der Waals surface area contributed by atoms with Crippen molar-refractivity contribution in [2.75, 3.05) is 13.7 Å². The Balaban J connectivity index is 1.56. The van der Waals surface area contributed by atoms with Gasteiger partial charge >= 0.3 is 0 Å². The minimum absolute atomic E-state index is 0.0409. The molecule has 1 aromatic heterocycles. The summed E-state index contributed by atoms with van der Waals surface area (Å²) < 4.78 is 5.39. The third-order valence-electron chi connectivity index (χ3n) is 7.28. The van der Waals surface area contributed by atoms with E-state index in [1.165, 1.54) is 0 Å². The summed E-state index contributed by atoms with van der Waals surface area (Å²) in [5.41, 5.74) is 4.51. The summed E-state index contributed by atoms with van der Waals surface area (Å²) in [7, 11) is 1.63. The topological polar surface area (TPSA) is 82.6 Å². The van der Waals surface area contributed by atoms with E-state index in [2.05, 4.69) is 25.8 Å². The zero-order chi connectivity index (χ0) is 27.0. The second-order valence-electron chi connectivity index (χ2n) is 10.7. The molecule has 3 aromatic carbocycles. The van der Waals surface area contributed by atoms with Crippen LogP contribution in [0.15, 0.2) is 84.6 Å². The molecule has 2 N–H and O–H groups in total. The van der Waals surface area contributed by atoms with Gasteiger partial charge in [0.15, 0.2) is 0 Å². The van der Waals surface area contributed by atoms with E-state index >= 15 is 0 Å². The van der Waals surface area contributed by atoms with E-state index in [9.17, 15) is 14.7 Å². The summed E-state index contributed by atoms with van der Waals surface area (Å²) in [5, 5.41) is 12.3. The number of fused-ring (bicyclic) bond motifs is 1. The van der Waals surface area contributed by atoms with E-state index in [0.29, 0.717) is 18.5 Å². The van der Waals surface area contributed by atoms with Gasteiger partial charge in [-0.25, -0.2) is 0 Å². The maximum atomic E-state index is 13.4. The number of nitrogens with zero attached hydrogens (tertiary/aromatic N) is 1. The lowest BCUT2D eigenvalue weighted by molar-refractivity contribution is -0.139. The van der Waals surface area contributed by atoms with Crippen molar-refractivity contribution in [2.24, 2.45) is 0 Å². The number of carbonyl (C=O) groups is 2. The van der Waals surface area contributed by atoms with Crippen LogP contribution in [0.3, 0.4) is 0 Å². The molecule has 2 heterocycles. The second kappa shape index (κ2) is 9.86. The molecular weight excluding hydrogens is 476 g/mol. The number of carbonyl (C=O) groups excluding carboxylic acids is 2. The molecule has 0 bridgehead atoms. The van der Waals surface area contributed by atoms with Gasteiger partial charge < -0.3 is 19.7 Å². The largest absolute Gasteiger partial charge is 0.507 e. The first-order valence-corrected chi connectivity index (χ1v) is 12.8. The van der Waals surface area contributed by atoms with Crippen molar-refractivity contribution < 1.29 is 19.4 Å². The van der Waals surface area contributed by atoms with Crippen LogP contribution < -0.4 is 4.74 Å². The molecular formula is C32H32N2O4. The van der Waals surface area contributed by atoms with Crippen LogP contribution in [0, 0.1) is 0 Å². The highest BCUT2D eigenvalue weighted by Gasteiger charge is 2.46. The number of hydrogen-bond acceptors (Lipinski definition) is 4. The van der Waals surface area contributed by atoms with E-state index in [0.717, 1.165) is 33.3 Å². The Kier molecular flexibility index (Phi) is 6.57. The number of hydrogen-bond donors (Lipinski definition) is 2. The van der Waals surface area contributed by atoms with Crippen molar-refractivity contribution >= 4 is 28.4 Å². The van der Waals surface area contributed by atoms with Crippen molar-refractivity contribution in [3.63, 3.8) is 0 Å².